The Kier molecular flexibility index (Phi) is 4.86. The first kappa shape index (κ1) is 18.2. The van der Waals surface area contributed by atoms with Gasteiger partial charge in [0.15, 0.2) is 11.5 Å². The lowest BCUT2D eigenvalue weighted by Crippen LogP contribution is -2.00. The number of aromatic nitrogens is 5. The number of aromatic amines is 2. The summed E-state index contributed by atoms with van der Waals surface area (Å²) in [4.78, 5) is 0. The van der Waals surface area contributed by atoms with Gasteiger partial charge in [0.25, 0.3) is 0 Å². The lowest BCUT2D eigenvalue weighted by Gasteiger charge is -2.11. The van der Waals surface area contributed by atoms with Crippen LogP contribution in [-0.2, 0) is 12.8 Å². The van der Waals surface area contributed by atoms with Gasteiger partial charge in [-0.25, -0.2) is 5.10 Å². The monoisotopic (exact) mass is 400 g/mol. The van der Waals surface area contributed by atoms with Gasteiger partial charge < -0.3 is 14.2 Å². The van der Waals surface area contributed by atoms with E-state index in [-0.39, 0.29) is 0 Å². The molecule has 0 bridgehead atoms. The summed E-state index contributed by atoms with van der Waals surface area (Å²) < 4.78 is 18.1. The van der Waals surface area contributed by atoms with Crippen LogP contribution in [0, 0.1) is 4.77 Å². The lowest BCUT2D eigenvalue weighted by atomic mass is 10.2. The van der Waals surface area contributed by atoms with Gasteiger partial charge in [0, 0.05) is 22.9 Å². The van der Waals surface area contributed by atoms with Crippen LogP contribution in [0.2, 0.25) is 0 Å². The minimum atomic E-state index is 0.375. The normalized spacial score (nSPS) is 13.1. The van der Waals surface area contributed by atoms with Crippen LogP contribution in [-0.4, -0.2) is 52.6 Å². The van der Waals surface area contributed by atoms with Crippen molar-refractivity contribution in [3.63, 3.8) is 0 Å². The SMILES string of the molecule is COc1cc(OC)c(OC)cc1C=Nn1c(-c2n[nH]c3c2CCC3)n[nH]c1=S. The standard InChI is InChI=1S/C18H20N6O3S/c1-25-13-8-15(27-3)14(26-2)7-10(13)9-19-24-17(22-23-18(24)28)16-11-5-4-6-12(11)20-21-16/h7-9H,4-6H2,1-3H3,(H,20,21)(H,23,28). The molecule has 0 radical (unpaired) electrons. The van der Waals surface area contributed by atoms with E-state index in [1.165, 1.54) is 5.56 Å². The van der Waals surface area contributed by atoms with Gasteiger partial charge in [-0.2, -0.15) is 20.0 Å². The van der Waals surface area contributed by atoms with Crippen molar-refractivity contribution in [2.45, 2.75) is 19.3 Å². The molecule has 1 aliphatic carbocycles. The van der Waals surface area contributed by atoms with Crippen LogP contribution in [0.5, 0.6) is 17.2 Å². The maximum absolute atomic E-state index is 5.45. The zero-order valence-corrected chi connectivity index (χ0v) is 16.6. The first-order valence-electron chi connectivity index (χ1n) is 8.74. The average Bonchev–Trinajstić information content (AvgIpc) is 3.42. The summed E-state index contributed by atoms with van der Waals surface area (Å²) in [6, 6.07) is 3.53. The zero-order valence-electron chi connectivity index (χ0n) is 15.8. The lowest BCUT2D eigenvalue weighted by molar-refractivity contribution is 0.349. The topological polar surface area (TPSA) is 102 Å². The number of hydrogen-bond acceptors (Lipinski definition) is 7. The number of aryl methyl sites for hydroxylation is 1. The first-order chi connectivity index (χ1) is 13.7. The van der Waals surface area contributed by atoms with Crippen LogP contribution < -0.4 is 14.2 Å². The number of hydrogen-bond donors (Lipinski definition) is 2. The highest BCUT2D eigenvalue weighted by molar-refractivity contribution is 7.71. The molecule has 0 amide bonds. The van der Waals surface area contributed by atoms with Crippen molar-refractivity contribution in [2.75, 3.05) is 21.3 Å². The number of rotatable bonds is 6. The van der Waals surface area contributed by atoms with Crippen LogP contribution in [0.15, 0.2) is 17.2 Å². The van der Waals surface area contributed by atoms with Crippen molar-refractivity contribution < 1.29 is 14.2 Å². The molecule has 10 heteroatoms. The highest BCUT2D eigenvalue weighted by atomic mass is 32.1. The number of ether oxygens (including phenoxy) is 3. The maximum Gasteiger partial charge on any atom is 0.216 e. The minimum Gasteiger partial charge on any atom is -0.496 e. The van der Waals surface area contributed by atoms with E-state index in [1.807, 2.05) is 0 Å². The molecule has 1 aliphatic rings. The number of fused-ring (bicyclic) bond motifs is 1. The predicted octanol–water partition coefficient (Wildman–Crippen LogP) is 2.73. The van der Waals surface area contributed by atoms with Gasteiger partial charge in [0.2, 0.25) is 10.6 Å². The quantitative estimate of drug-likeness (QED) is 0.487. The third kappa shape index (κ3) is 3.05. The summed E-state index contributed by atoms with van der Waals surface area (Å²) in [5, 5.41) is 19.1. The van der Waals surface area contributed by atoms with Crippen molar-refractivity contribution in [3.05, 3.63) is 33.7 Å². The molecule has 9 nitrogen and oxygen atoms in total. The Labute approximate surface area is 166 Å². The number of H-pyrrole nitrogens is 2. The van der Waals surface area contributed by atoms with E-state index in [4.69, 9.17) is 26.4 Å². The van der Waals surface area contributed by atoms with Crippen LogP contribution in [0.3, 0.4) is 0 Å². The number of benzene rings is 1. The minimum absolute atomic E-state index is 0.375. The second kappa shape index (κ2) is 7.47. The van der Waals surface area contributed by atoms with Gasteiger partial charge in [0.05, 0.1) is 27.5 Å². The van der Waals surface area contributed by atoms with Crippen LogP contribution in [0.25, 0.3) is 11.5 Å². The second-order valence-electron chi connectivity index (χ2n) is 6.24. The first-order valence-corrected chi connectivity index (χ1v) is 9.15. The Morgan fingerprint density at radius 1 is 1.04 bits per heavy atom. The molecule has 0 fully saturated rings. The molecule has 0 spiro atoms. The third-order valence-corrected chi connectivity index (χ3v) is 4.98. The fraction of sp³-hybridized carbons (Fsp3) is 0.333. The van der Waals surface area contributed by atoms with E-state index in [9.17, 15) is 0 Å². The molecule has 2 heterocycles. The molecular formula is C18H20N6O3S. The van der Waals surface area contributed by atoms with E-state index in [2.05, 4.69) is 25.5 Å². The molecule has 0 unspecified atom stereocenters. The Morgan fingerprint density at radius 2 is 1.79 bits per heavy atom. The molecule has 28 heavy (non-hydrogen) atoms. The van der Waals surface area contributed by atoms with E-state index in [0.717, 1.165) is 30.7 Å². The largest absolute Gasteiger partial charge is 0.496 e. The highest BCUT2D eigenvalue weighted by Crippen LogP contribution is 2.34. The summed E-state index contributed by atoms with van der Waals surface area (Å²) in [7, 11) is 4.73. The summed E-state index contributed by atoms with van der Waals surface area (Å²) in [5.74, 6) is 2.31. The van der Waals surface area contributed by atoms with Crippen LogP contribution in [0.4, 0.5) is 0 Å². The van der Waals surface area contributed by atoms with Crippen molar-refractivity contribution in [2.24, 2.45) is 5.10 Å². The summed E-state index contributed by atoms with van der Waals surface area (Å²) in [6.07, 6.45) is 4.71. The van der Waals surface area contributed by atoms with E-state index in [1.54, 1.807) is 44.4 Å². The molecule has 2 N–H and O–H groups in total. The van der Waals surface area contributed by atoms with Gasteiger partial charge in [-0.1, -0.05) is 0 Å². The maximum atomic E-state index is 5.45. The molecule has 0 atom stereocenters. The van der Waals surface area contributed by atoms with Crippen LogP contribution >= 0.6 is 12.2 Å². The molecule has 0 saturated heterocycles. The van der Waals surface area contributed by atoms with Crippen molar-refractivity contribution in [1.82, 2.24) is 25.1 Å². The summed E-state index contributed by atoms with van der Waals surface area (Å²) in [6.45, 7) is 0. The molecule has 146 valence electrons. The van der Waals surface area contributed by atoms with Gasteiger partial charge in [-0.15, -0.1) is 0 Å². The van der Waals surface area contributed by atoms with Gasteiger partial charge in [0.1, 0.15) is 11.4 Å². The molecular weight excluding hydrogens is 380 g/mol. The van der Waals surface area contributed by atoms with Gasteiger partial charge in [-0.3, -0.25) is 5.10 Å². The molecule has 3 aromatic rings. The third-order valence-electron chi connectivity index (χ3n) is 4.72. The Bertz CT molecular complexity index is 1100. The fourth-order valence-corrected chi connectivity index (χ4v) is 3.51. The number of nitrogens with zero attached hydrogens (tertiary/aromatic N) is 4. The van der Waals surface area contributed by atoms with Gasteiger partial charge >= 0.3 is 0 Å². The molecule has 0 saturated carbocycles. The predicted molar refractivity (Wildman–Crippen MR) is 106 cm³/mol. The summed E-state index contributed by atoms with van der Waals surface area (Å²) >= 11 is 5.36. The second-order valence-corrected chi connectivity index (χ2v) is 6.63. The smallest absolute Gasteiger partial charge is 0.216 e. The van der Waals surface area contributed by atoms with E-state index in [0.29, 0.717) is 33.4 Å². The Morgan fingerprint density at radius 3 is 2.54 bits per heavy atom. The summed E-state index contributed by atoms with van der Waals surface area (Å²) in [5.41, 5.74) is 3.81. The van der Waals surface area contributed by atoms with Gasteiger partial charge in [-0.05, 0) is 37.5 Å². The average molecular weight is 400 g/mol. The van der Waals surface area contributed by atoms with Crippen LogP contribution in [0.1, 0.15) is 23.2 Å². The molecule has 4 rings (SSSR count). The number of methoxy groups -OCH3 is 3. The van der Waals surface area contributed by atoms with E-state index >= 15 is 0 Å². The zero-order chi connectivity index (χ0) is 19.7. The van der Waals surface area contributed by atoms with E-state index < -0.39 is 0 Å². The molecule has 0 aliphatic heterocycles. The number of nitrogens with one attached hydrogen (secondary N) is 2. The Hall–Kier alpha value is -3.14. The van der Waals surface area contributed by atoms with Crippen molar-refractivity contribution in [3.8, 4) is 28.8 Å². The highest BCUT2D eigenvalue weighted by Gasteiger charge is 2.23. The van der Waals surface area contributed by atoms with Crippen molar-refractivity contribution >= 4 is 18.4 Å². The van der Waals surface area contributed by atoms with Crippen molar-refractivity contribution in [1.29, 1.82) is 0 Å². The molecule has 1 aromatic carbocycles. The fourth-order valence-electron chi connectivity index (χ4n) is 3.33. The Balaban J connectivity index is 1.75. The molecule has 2 aromatic heterocycles.